The zero-order valence-corrected chi connectivity index (χ0v) is 14.8. The minimum absolute atomic E-state index is 0.0107. The van der Waals surface area contributed by atoms with Crippen LogP contribution in [0.25, 0.3) is 0 Å². The maximum atomic E-state index is 12.4. The molecule has 0 saturated carbocycles. The molecular formula is C18H23N5O2. The van der Waals surface area contributed by atoms with E-state index in [1.54, 1.807) is 23.5 Å². The van der Waals surface area contributed by atoms with Crippen LogP contribution in [0.1, 0.15) is 41.5 Å². The van der Waals surface area contributed by atoms with Crippen LogP contribution in [-0.4, -0.2) is 50.4 Å². The topological polar surface area (TPSA) is 80.1 Å². The Morgan fingerprint density at radius 1 is 1.32 bits per heavy atom. The summed E-state index contributed by atoms with van der Waals surface area (Å²) in [6.45, 7) is 7.35. The summed E-state index contributed by atoms with van der Waals surface area (Å²) in [5, 5.41) is 2.95. The van der Waals surface area contributed by atoms with Crippen LogP contribution in [0, 0.1) is 6.92 Å². The molecule has 1 fully saturated rings. The van der Waals surface area contributed by atoms with E-state index in [1.807, 2.05) is 23.8 Å². The number of nitrogens with zero attached hydrogens (tertiary/aromatic N) is 4. The summed E-state index contributed by atoms with van der Waals surface area (Å²) < 4.78 is 1.89. The van der Waals surface area contributed by atoms with Crippen molar-refractivity contribution >= 4 is 11.8 Å². The monoisotopic (exact) mass is 341 g/mol. The lowest BCUT2D eigenvalue weighted by molar-refractivity contribution is -0.136. The Labute approximate surface area is 147 Å². The van der Waals surface area contributed by atoms with Gasteiger partial charge in [0.05, 0.1) is 11.6 Å². The Kier molecular flexibility index (Phi) is 4.83. The molecule has 0 spiro atoms. The van der Waals surface area contributed by atoms with Crippen LogP contribution in [0.15, 0.2) is 30.9 Å². The quantitative estimate of drug-likeness (QED) is 0.890. The van der Waals surface area contributed by atoms with Crippen LogP contribution in [0.5, 0.6) is 0 Å². The number of amides is 2. The van der Waals surface area contributed by atoms with Gasteiger partial charge in [0.1, 0.15) is 12.4 Å². The summed E-state index contributed by atoms with van der Waals surface area (Å²) in [5.74, 6) is 1.09. The first-order chi connectivity index (χ1) is 12.0. The third kappa shape index (κ3) is 3.70. The lowest BCUT2D eigenvalue weighted by Gasteiger charge is -2.39. The maximum Gasteiger partial charge on any atom is 0.253 e. The fourth-order valence-electron chi connectivity index (χ4n) is 2.94. The van der Waals surface area contributed by atoms with E-state index >= 15 is 0 Å². The standard InChI is InChI=1S/C18H23N5O2/c1-12(2)17-20-6-7-22(17)11-16(24)23-9-14(10-23)21-18(25)15-8-19-5-4-13(15)3/h4-8,12,14H,9-11H2,1-3H3,(H,21,25). The van der Waals surface area contributed by atoms with E-state index in [0.29, 0.717) is 18.7 Å². The van der Waals surface area contributed by atoms with E-state index in [2.05, 4.69) is 29.1 Å². The van der Waals surface area contributed by atoms with Crippen LogP contribution in [-0.2, 0) is 11.3 Å². The molecular weight excluding hydrogens is 318 g/mol. The highest BCUT2D eigenvalue weighted by atomic mass is 16.2. The van der Waals surface area contributed by atoms with Crippen LogP contribution in [0.3, 0.4) is 0 Å². The third-order valence-corrected chi connectivity index (χ3v) is 4.42. The van der Waals surface area contributed by atoms with Crippen molar-refractivity contribution in [3.8, 4) is 0 Å². The van der Waals surface area contributed by atoms with Gasteiger partial charge in [0, 0.05) is 43.8 Å². The molecule has 1 aliphatic rings. The van der Waals surface area contributed by atoms with Gasteiger partial charge in [-0.1, -0.05) is 13.8 Å². The number of hydrogen-bond acceptors (Lipinski definition) is 4. The number of likely N-dealkylation sites (tertiary alicyclic amines) is 1. The number of aryl methyl sites for hydroxylation is 1. The second-order valence-electron chi connectivity index (χ2n) is 6.73. The molecule has 0 bridgehead atoms. The van der Waals surface area contributed by atoms with Crippen molar-refractivity contribution < 1.29 is 9.59 Å². The van der Waals surface area contributed by atoms with E-state index in [-0.39, 0.29) is 30.3 Å². The van der Waals surface area contributed by atoms with Gasteiger partial charge in [-0.25, -0.2) is 4.98 Å². The first kappa shape index (κ1) is 17.1. The molecule has 7 nitrogen and oxygen atoms in total. The number of pyridine rings is 1. The fourth-order valence-corrected chi connectivity index (χ4v) is 2.94. The molecule has 2 aromatic rings. The van der Waals surface area contributed by atoms with Crippen LogP contribution < -0.4 is 5.32 Å². The van der Waals surface area contributed by atoms with Crippen LogP contribution in [0.4, 0.5) is 0 Å². The number of rotatable bonds is 5. The molecule has 25 heavy (non-hydrogen) atoms. The van der Waals surface area contributed by atoms with Crippen LogP contribution in [0.2, 0.25) is 0 Å². The lowest BCUT2D eigenvalue weighted by atomic mass is 10.1. The zero-order chi connectivity index (χ0) is 18.0. The first-order valence-corrected chi connectivity index (χ1v) is 8.46. The summed E-state index contributed by atoms with van der Waals surface area (Å²) in [6.07, 6.45) is 6.78. The Bertz CT molecular complexity index is 777. The molecule has 1 N–H and O–H groups in total. The van der Waals surface area contributed by atoms with E-state index in [1.165, 1.54) is 0 Å². The van der Waals surface area contributed by atoms with Crippen molar-refractivity contribution in [2.24, 2.45) is 0 Å². The minimum atomic E-state index is -0.139. The zero-order valence-electron chi connectivity index (χ0n) is 14.8. The van der Waals surface area contributed by atoms with Crippen LogP contribution >= 0.6 is 0 Å². The summed E-state index contributed by atoms with van der Waals surface area (Å²) in [5.41, 5.74) is 1.47. The van der Waals surface area contributed by atoms with Gasteiger partial charge in [-0.05, 0) is 18.6 Å². The molecule has 0 atom stereocenters. The SMILES string of the molecule is Cc1ccncc1C(=O)NC1CN(C(=O)Cn2ccnc2C(C)C)C1. The third-order valence-electron chi connectivity index (χ3n) is 4.42. The molecule has 3 heterocycles. The minimum Gasteiger partial charge on any atom is -0.346 e. The Morgan fingerprint density at radius 3 is 2.76 bits per heavy atom. The molecule has 1 saturated heterocycles. The maximum absolute atomic E-state index is 12.4. The van der Waals surface area contributed by atoms with E-state index in [0.717, 1.165) is 11.4 Å². The average Bonchev–Trinajstić information content (AvgIpc) is 2.98. The van der Waals surface area contributed by atoms with Gasteiger partial charge < -0.3 is 14.8 Å². The highest BCUT2D eigenvalue weighted by Crippen LogP contribution is 2.15. The molecule has 1 aliphatic heterocycles. The van der Waals surface area contributed by atoms with Crippen molar-refractivity contribution in [1.29, 1.82) is 0 Å². The molecule has 7 heteroatoms. The van der Waals surface area contributed by atoms with Gasteiger partial charge in [0.15, 0.2) is 0 Å². The predicted octanol–water partition coefficient (Wildman–Crippen LogP) is 1.35. The number of nitrogens with one attached hydrogen (secondary N) is 1. The molecule has 0 aromatic carbocycles. The average molecular weight is 341 g/mol. The largest absolute Gasteiger partial charge is 0.346 e. The summed E-state index contributed by atoms with van der Waals surface area (Å²) in [4.78, 5) is 34.7. The number of hydrogen-bond donors (Lipinski definition) is 1. The van der Waals surface area contributed by atoms with E-state index in [9.17, 15) is 9.59 Å². The van der Waals surface area contributed by atoms with Crippen molar-refractivity contribution in [2.45, 2.75) is 39.3 Å². The van der Waals surface area contributed by atoms with Gasteiger partial charge in [-0.15, -0.1) is 0 Å². The number of carbonyl (C=O) groups is 2. The van der Waals surface area contributed by atoms with Gasteiger partial charge in [-0.3, -0.25) is 14.6 Å². The predicted molar refractivity (Wildman–Crippen MR) is 93.1 cm³/mol. The second-order valence-corrected chi connectivity index (χ2v) is 6.73. The molecule has 3 rings (SSSR count). The number of imidazole rings is 1. The van der Waals surface area contributed by atoms with Crippen molar-refractivity contribution in [1.82, 2.24) is 24.8 Å². The first-order valence-electron chi connectivity index (χ1n) is 8.46. The Balaban J connectivity index is 1.51. The van der Waals surface area contributed by atoms with Gasteiger partial charge in [0.25, 0.3) is 5.91 Å². The molecule has 0 aliphatic carbocycles. The molecule has 2 aromatic heterocycles. The van der Waals surface area contributed by atoms with Gasteiger partial charge >= 0.3 is 0 Å². The van der Waals surface area contributed by atoms with Crippen molar-refractivity contribution in [2.75, 3.05) is 13.1 Å². The molecule has 2 amide bonds. The Hall–Kier alpha value is -2.70. The Morgan fingerprint density at radius 2 is 2.08 bits per heavy atom. The second kappa shape index (κ2) is 7.04. The summed E-state index contributed by atoms with van der Waals surface area (Å²) in [7, 11) is 0. The van der Waals surface area contributed by atoms with Crippen molar-refractivity contribution in [3.63, 3.8) is 0 Å². The van der Waals surface area contributed by atoms with E-state index in [4.69, 9.17) is 0 Å². The smallest absolute Gasteiger partial charge is 0.253 e. The number of aromatic nitrogens is 3. The summed E-state index contributed by atoms with van der Waals surface area (Å²) in [6, 6.07) is 1.80. The highest BCUT2D eigenvalue weighted by Gasteiger charge is 2.32. The normalized spacial score (nSPS) is 14.5. The highest BCUT2D eigenvalue weighted by molar-refractivity contribution is 5.95. The fraction of sp³-hybridized carbons (Fsp3) is 0.444. The molecule has 0 unspecified atom stereocenters. The van der Waals surface area contributed by atoms with E-state index < -0.39 is 0 Å². The number of carbonyl (C=O) groups excluding carboxylic acids is 2. The molecule has 0 radical (unpaired) electrons. The van der Waals surface area contributed by atoms with Crippen molar-refractivity contribution in [3.05, 3.63) is 47.8 Å². The van der Waals surface area contributed by atoms with Gasteiger partial charge in [-0.2, -0.15) is 0 Å². The molecule has 132 valence electrons. The summed E-state index contributed by atoms with van der Waals surface area (Å²) >= 11 is 0. The lowest BCUT2D eigenvalue weighted by Crippen LogP contribution is -2.61. The van der Waals surface area contributed by atoms with Gasteiger partial charge in [0.2, 0.25) is 5.91 Å².